The van der Waals surface area contributed by atoms with Gasteiger partial charge in [0.15, 0.2) is 0 Å². The molecule has 0 spiro atoms. The number of hydrogen-bond acceptors (Lipinski definition) is 3. The molecule has 3 N–H and O–H groups in total. The zero-order chi connectivity index (χ0) is 23.1. The molecule has 0 aromatic heterocycles. The zero-order valence-corrected chi connectivity index (χ0v) is 20.5. The number of nitrogens with zero attached hydrogens (tertiary/aromatic N) is 1. The van der Waals surface area contributed by atoms with E-state index in [9.17, 15) is 14.7 Å². The molecule has 4 aliphatic carbocycles. The van der Waals surface area contributed by atoms with E-state index in [0.717, 1.165) is 64.2 Å². The van der Waals surface area contributed by atoms with Gasteiger partial charge in [-0.15, -0.1) is 0 Å². The van der Waals surface area contributed by atoms with Gasteiger partial charge in [0.2, 0.25) is 5.91 Å². The summed E-state index contributed by atoms with van der Waals surface area (Å²) >= 11 is 0. The van der Waals surface area contributed by atoms with E-state index >= 15 is 0 Å². The highest BCUT2D eigenvalue weighted by molar-refractivity contribution is 5.78. The van der Waals surface area contributed by atoms with Crippen LogP contribution in [0, 0.1) is 34.5 Å². The Labute approximate surface area is 193 Å². The maximum atomic E-state index is 13.6. The van der Waals surface area contributed by atoms with Crippen LogP contribution >= 0.6 is 0 Å². The van der Waals surface area contributed by atoms with Crippen molar-refractivity contribution < 1.29 is 19.2 Å². The number of carbonyl (C=O) groups excluding carboxylic acids is 2. The predicted octanol–water partition coefficient (Wildman–Crippen LogP) is 4.28. The van der Waals surface area contributed by atoms with Crippen LogP contribution in [0.15, 0.2) is 11.3 Å². The van der Waals surface area contributed by atoms with E-state index in [-0.39, 0.29) is 34.8 Å². The molecule has 1 unspecified atom stereocenters. The summed E-state index contributed by atoms with van der Waals surface area (Å²) < 4.78 is 0.346. The number of primary amides is 1. The molecule has 32 heavy (non-hydrogen) atoms. The molecule has 0 aromatic rings. The Morgan fingerprint density at radius 2 is 1.78 bits per heavy atom. The highest BCUT2D eigenvalue weighted by Gasteiger charge is 2.66. The Hall–Kier alpha value is -1.20. The number of aliphatic hydroxyl groups is 1. The van der Waals surface area contributed by atoms with Crippen molar-refractivity contribution in [3.05, 3.63) is 11.3 Å². The summed E-state index contributed by atoms with van der Waals surface area (Å²) in [6, 6.07) is -0.00282. The molecule has 0 aromatic carbocycles. The number of piperidine rings is 1. The number of likely N-dealkylation sites (N-methyl/N-ethyl adjacent to an activating group) is 1. The predicted molar refractivity (Wildman–Crippen MR) is 124 cm³/mol. The maximum absolute atomic E-state index is 13.6. The topological polar surface area (TPSA) is 80.4 Å². The lowest BCUT2D eigenvalue weighted by Gasteiger charge is -2.61. The van der Waals surface area contributed by atoms with Crippen LogP contribution < -0.4 is 5.73 Å². The van der Waals surface area contributed by atoms with Crippen molar-refractivity contribution in [3.8, 4) is 0 Å². The van der Waals surface area contributed by atoms with Crippen LogP contribution in [0.2, 0.25) is 0 Å². The number of hydrogen-bond donors (Lipinski definition) is 2. The summed E-state index contributed by atoms with van der Waals surface area (Å²) in [5.41, 5.74) is 8.61. The third-order valence-electron chi connectivity index (χ3n) is 11.3. The number of allylic oxidation sites excluding steroid dienone is 2. The lowest BCUT2D eigenvalue weighted by molar-refractivity contribution is -0.841. The van der Waals surface area contributed by atoms with Crippen molar-refractivity contribution >= 4 is 11.8 Å². The van der Waals surface area contributed by atoms with E-state index in [1.165, 1.54) is 11.3 Å². The van der Waals surface area contributed by atoms with Crippen LogP contribution in [0.4, 0.5) is 0 Å². The first kappa shape index (κ1) is 22.6. The maximum Gasteiger partial charge on any atom is 0.318 e. The second kappa shape index (κ2) is 7.40. The molecule has 0 radical (unpaired) electrons. The van der Waals surface area contributed by atoms with Crippen LogP contribution in [0.5, 0.6) is 0 Å². The van der Waals surface area contributed by atoms with Gasteiger partial charge in [-0.25, -0.2) is 9.28 Å². The smallest absolute Gasteiger partial charge is 0.318 e. The summed E-state index contributed by atoms with van der Waals surface area (Å²) in [6.07, 6.45) is 10.3. The number of quaternary nitrogens is 1. The third-order valence-corrected chi connectivity index (χ3v) is 11.3. The first-order valence-electron chi connectivity index (χ1n) is 13.1. The number of aliphatic hydroxyl groups excluding tert-OH is 1. The summed E-state index contributed by atoms with van der Waals surface area (Å²) in [6.45, 7) is 7.03. The first-order valence-corrected chi connectivity index (χ1v) is 13.1. The highest BCUT2D eigenvalue weighted by Crippen LogP contribution is 2.68. The fraction of sp³-hybridized carbons (Fsp3) is 0.852. The quantitative estimate of drug-likeness (QED) is 0.625. The Bertz CT molecular complexity index is 867. The Balaban J connectivity index is 1.58. The number of likely N-dealkylation sites (tertiary alicyclic amines) is 1. The van der Waals surface area contributed by atoms with Gasteiger partial charge in [0.05, 0.1) is 13.5 Å². The Morgan fingerprint density at radius 1 is 1.06 bits per heavy atom. The number of fused-ring (bicyclic) bond motifs is 5. The number of rotatable bonds is 2. The van der Waals surface area contributed by atoms with E-state index in [2.05, 4.69) is 27.8 Å². The minimum atomic E-state index is -0.390. The molecule has 5 aliphatic rings. The molecule has 0 bridgehead atoms. The molecule has 3 saturated carbocycles. The standard InChI is InChI=1S/C27H42N2O3/c1-16-15-17-18-9-10-20(25(28)32)26(18,2)13-11-19(17)27(3)14-12-23(31)29(4,24(16)27)21-7-5-6-8-22(21)30/h17-22,30H,5-15H2,1-4H3,(H-,28,32)/p+1/t17-,18-,19-,20+,21+,22-,26-,27+,29?/m0/s1. The van der Waals surface area contributed by atoms with Gasteiger partial charge in [-0.3, -0.25) is 4.79 Å². The molecular weight excluding hydrogens is 400 g/mol. The highest BCUT2D eigenvalue weighted by atomic mass is 16.3. The van der Waals surface area contributed by atoms with Gasteiger partial charge in [0.25, 0.3) is 0 Å². The van der Waals surface area contributed by atoms with Crippen molar-refractivity contribution in [2.24, 2.45) is 40.2 Å². The lowest BCUT2D eigenvalue weighted by Crippen LogP contribution is -2.67. The Morgan fingerprint density at radius 3 is 2.47 bits per heavy atom. The van der Waals surface area contributed by atoms with E-state index in [1.807, 2.05) is 0 Å². The van der Waals surface area contributed by atoms with Gasteiger partial charge >= 0.3 is 5.91 Å². The monoisotopic (exact) mass is 443 g/mol. The molecule has 1 aliphatic heterocycles. The molecule has 5 nitrogen and oxygen atoms in total. The molecule has 2 amide bonds. The van der Waals surface area contributed by atoms with Crippen LogP contribution in [0.3, 0.4) is 0 Å². The largest absolute Gasteiger partial charge is 0.387 e. The molecule has 4 fully saturated rings. The average molecular weight is 444 g/mol. The number of amides is 2. The number of carbonyl (C=O) groups is 2. The minimum absolute atomic E-state index is 0.00102. The lowest BCUT2D eigenvalue weighted by atomic mass is 9.47. The second-order valence-corrected chi connectivity index (χ2v) is 12.6. The second-order valence-electron chi connectivity index (χ2n) is 12.6. The van der Waals surface area contributed by atoms with Crippen LogP contribution in [0.25, 0.3) is 0 Å². The molecule has 5 rings (SSSR count). The Kier molecular flexibility index (Phi) is 5.22. The molecule has 1 saturated heterocycles. The molecule has 1 heterocycles. The van der Waals surface area contributed by atoms with Gasteiger partial charge in [-0.1, -0.05) is 20.3 Å². The van der Waals surface area contributed by atoms with Crippen LogP contribution in [-0.2, 0) is 9.59 Å². The SMILES string of the molecule is CC1=C2[C@](C)(CCC(=O)[N+]2(C)[C@@H]2CCCC[C@@H]2O)[C@H]2CC[C@]3(C)[C@@H](C(N)=O)CC[C@H]3[C@@H]2C1. The van der Waals surface area contributed by atoms with Crippen molar-refractivity contribution in [2.75, 3.05) is 7.05 Å². The first-order chi connectivity index (χ1) is 15.0. The molecule has 178 valence electrons. The zero-order valence-electron chi connectivity index (χ0n) is 20.5. The van der Waals surface area contributed by atoms with Crippen LogP contribution in [0.1, 0.15) is 91.4 Å². The third kappa shape index (κ3) is 2.82. The summed E-state index contributed by atoms with van der Waals surface area (Å²) in [5, 5.41) is 11.0. The average Bonchev–Trinajstić information content (AvgIpc) is 3.09. The minimum Gasteiger partial charge on any atom is -0.387 e. The van der Waals surface area contributed by atoms with Gasteiger partial charge in [-0.05, 0) is 87.0 Å². The van der Waals surface area contributed by atoms with Gasteiger partial charge in [0.1, 0.15) is 17.8 Å². The van der Waals surface area contributed by atoms with E-state index in [4.69, 9.17) is 5.73 Å². The fourth-order valence-corrected chi connectivity index (χ4v) is 9.94. The summed E-state index contributed by atoms with van der Waals surface area (Å²) in [7, 11) is 2.13. The van der Waals surface area contributed by atoms with Gasteiger partial charge in [0, 0.05) is 17.8 Å². The molecular formula is C27H43N2O3+. The van der Waals surface area contributed by atoms with Crippen molar-refractivity contribution in [2.45, 2.75) is 104 Å². The van der Waals surface area contributed by atoms with Crippen molar-refractivity contribution in [1.29, 1.82) is 0 Å². The van der Waals surface area contributed by atoms with E-state index < -0.39 is 0 Å². The van der Waals surface area contributed by atoms with Crippen molar-refractivity contribution in [3.63, 3.8) is 0 Å². The van der Waals surface area contributed by atoms with E-state index in [0.29, 0.717) is 34.6 Å². The summed E-state index contributed by atoms with van der Waals surface area (Å²) in [5.74, 6) is 1.88. The number of nitrogens with two attached hydrogens (primary N) is 1. The van der Waals surface area contributed by atoms with E-state index in [1.54, 1.807) is 0 Å². The molecule has 5 heteroatoms. The normalized spacial score (nSPS) is 51.1. The molecule has 9 atom stereocenters. The van der Waals surface area contributed by atoms with Crippen LogP contribution in [-0.4, -0.2) is 40.6 Å². The van der Waals surface area contributed by atoms with Crippen molar-refractivity contribution in [1.82, 2.24) is 0 Å². The fourth-order valence-electron chi connectivity index (χ4n) is 9.94. The van der Waals surface area contributed by atoms with Gasteiger partial charge < -0.3 is 10.8 Å². The summed E-state index contributed by atoms with van der Waals surface area (Å²) in [4.78, 5) is 25.8. The van der Waals surface area contributed by atoms with Gasteiger partial charge in [-0.2, -0.15) is 0 Å².